The number of aliphatic hydroxyl groups excluding tert-OH is 1. The molecule has 0 aromatic heterocycles. The summed E-state index contributed by atoms with van der Waals surface area (Å²) in [5.41, 5.74) is 5.96. The zero-order chi connectivity index (χ0) is 36.6. The molecule has 5 aromatic rings. The molecule has 0 saturated heterocycles. The zero-order valence-electron chi connectivity index (χ0n) is 34.3. The smallest absolute Gasteiger partial charge is 0.496 e. The Labute approximate surface area is 346 Å². The van der Waals surface area contributed by atoms with E-state index in [1.807, 2.05) is 0 Å². The minimum atomic E-state index is -0.996. The molecule has 2 aliphatic rings. The zero-order valence-corrected chi connectivity index (χ0v) is 37.2. The summed E-state index contributed by atoms with van der Waals surface area (Å²) >= 11 is 0. The summed E-state index contributed by atoms with van der Waals surface area (Å²) in [6.45, 7) is 8.53. The van der Waals surface area contributed by atoms with Crippen molar-refractivity contribution in [1.82, 2.24) is 0 Å². The molecular weight excluding hydrogens is 754 g/mol. The van der Waals surface area contributed by atoms with Crippen LogP contribution in [0.15, 0.2) is 109 Å². The van der Waals surface area contributed by atoms with Crippen LogP contribution in [-0.2, 0) is 17.1 Å². The molecule has 0 spiro atoms. The van der Waals surface area contributed by atoms with E-state index in [1.54, 1.807) is 14.2 Å². The molecule has 3 nitrogen and oxygen atoms in total. The first-order valence-electron chi connectivity index (χ1n) is 19.1. The van der Waals surface area contributed by atoms with Crippen molar-refractivity contribution < 1.29 is 31.6 Å². The first-order valence-corrected chi connectivity index (χ1v) is 21.8. The molecule has 2 unspecified atom stereocenters. The van der Waals surface area contributed by atoms with E-state index >= 15 is 0 Å². The maximum Gasteiger partial charge on any atom is 2.00 e. The fraction of sp³-hybridized carbons (Fsp3) is 0.347. The number of ether oxygens (including phenoxy) is 2. The summed E-state index contributed by atoms with van der Waals surface area (Å²) < 4.78 is 11.6. The fourth-order valence-electron chi connectivity index (χ4n) is 8.61. The van der Waals surface area contributed by atoms with Crippen LogP contribution in [0.2, 0.25) is 0 Å². The van der Waals surface area contributed by atoms with Crippen LogP contribution in [0.1, 0.15) is 85.3 Å². The molecule has 7 rings (SSSR count). The summed E-state index contributed by atoms with van der Waals surface area (Å²) in [4.78, 5) is 0. The predicted octanol–water partition coefficient (Wildman–Crippen LogP) is 10.9. The number of methoxy groups -OCH3 is 2. The number of aryl methyl sites for hydroxylation is 4. The number of rotatable bonds is 10. The van der Waals surface area contributed by atoms with Crippen molar-refractivity contribution in [2.45, 2.75) is 90.8 Å². The third kappa shape index (κ3) is 10.7. The van der Waals surface area contributed by atoms with Crippen LogP contribution in [0.4, 0.5) is 0 Å². The molecule has 1 N–H and O–H groups in total. The molecule has 2 fully saturated rings. The Kier molecular flexibility index (Phi) is 18.7. The van der Waals surface area contributed by atoms with Gasteiger partial charge in [0.25, 0.3) is 0 Å². The van der Waals surface area contributed by atoms with Gasteiger partial charge in [-0.05, 0) is 147 Å². The fourth-order valence-corrected chi connectivity index (χ4v) is 14.6. The normalized spacial score (nSPS) is 16.6. The van der Waals surface area contributed by atoms with Crippen LogP contribution in [-0.4, -0.2) is 25.0 Å². The molecule has 5 aromatic carbocycles. The van der Waals surface area contributed by atoms with Crippen molar-refractivity contribution >= 4 is 42.4 Å². The van der Waals surface area contributed by atoms with E-state index in [1.165, 1.54) is 58.6 Å². The molecule has 6 heteroatoms. The summed E-state index contributed by atoms with van der Waals surface area (Å²) in [6.07, 6.45) is 10.2. The monoisotopic (exact) mass is 816 g/mol. The van der Waals surface area contributed by atoms with Crippen molar-refractivity contribution in [2.24, 2.45) is 5.92 Å². The second kappa shape index (κ2) is 22.1. The van der Waals surface area contributed by atoms with Gasteiger partial charge in [0.15, 0.2) is 0 Å². The van der Waals surface area contributed by atoms with Crippen LogP contribution in [0.25, 0.3) is 0 Å². The van der Waals surface area contributed by atoms with Crippen molar-refractivity contribution in [3.05, 3.63) is 152 Å². The topological polar surface area (TPSA) is 38.7 Å². The minimum Gasteiger partial charge on any atom is -0.496 e. The van der Waals surface area contributed by atoms with Crippen LogP contribution in [0.3, 0.4) is 0 Å². The van der Waals surface area contributed by atoms with Gasteiger partial charge >= 0.3 is 17.1 Å². The second-order valence-corrected chi connectivity index (χ2v) is 19.2. The Hall–Kier alpha value is -2.96. The maximum atomic E-state index is 12.6. The molecule has 3 atom stereocenters. The van der Waals surface area contributed by atoms with Crippen LogP contribution in [0.5, 0.6) is 11.5 Å². The molecule has 294 valence electrons. The van der Waals surface area contributed by atoms with Gasteiger partial charge in [-0.25, -0.2) is 0 Å². The Bertz CT molecular complexity index is 1760. The van der Waals surface area contributed by atoms with Crippen LogP contribution in [0, 0.1) is 48.5 Å². The Morgan fingerprint density at radius 1 is 0.545 bits per heavy atom. The molecule has 2 aliphatic carbocycles. The summed E-state index contributed by atoms with van der Waals surface area (Å²) in [7, 11) is 1.86. The van der Waals surface area contributed by atoms with Gasteiger partial charge in [0.2, 0.25) is 0 Å². The SMILES string of the molecule is C1CCCC1.COc1c(C)cc(P(c2cc(C)c(OC)c(C)c2)c2ccccc2[C@H](O)C2CCCC2P(c2ccccc2)c2ccccc2)cc1C.[CH3-].[CH3-].[Fe+2]. The standard InChI is InChI=1S/C42H46O3P2.C5H10.2CH3.Fe/c1-28-24-34(25-29(2)41(28)44-5)47(35-26-30(3)42(45-6)31(4)27-35)38-22-14-13-20-36(38)40(43)37-21-15-23-39(37)46(32-16-9-7-10-17-32)33-18-11-8-12-19-33;1-2-4-5-3-1;;;/h7-14,16-20,22,24-27,37,39-40,43H,15,21,23H2,1-6H3;1-5H2;2*1H3;/q;;2*-1;+2/t37?,39?,40-;;;;/m0..../s1. The van der Waals surface area contributed by atoms with Crippen molar-refractivity contribution in [1.29, 1.82) is 0 Å². The third-order valence-electron chi connectivity index (χ3n) is 10.9. The molecule has 0 aliphatic heterocycles. The van der Waals surface area contributed by atoms with Gasteiger partial charge in [-0.15, -0.1) is 0 Å². The summed E-state index contributed by atoms with van der Waals surface area (Å²) in [6, 6.07) is 39.8. The quantitative estimate of drug-likeness (QED) is 0.0867. The van der Waals surface area contributed by atoms with Crippen molar-refractivity contribution in [2.75, 3.05) is 14.2 Å². The third-order valence-corrected chi connectivity index (χ3v) is 16.4. The number of benzene rings is 5. The van der Waals surface area contributed by atoms with E-state index in [0.717, 1.165) is 58.6 Å². The van der Waals surface area contributed by atoms with Crippen LogP contribution < -0.4 is 36.0 Å². The molecule has 2 saturated carbocycles. The number of hydrogen-bond acceptors (Lipinski definition) is 3. The molecule has 0 heterocycles. The van der Waals surface area contributed by atoms with Crippen molar-refractivity contribution in [3.8, 4) is 11.5 Å². The Morgan fingerprint density at radius 3 is 1.36 bits per heavy atom. The van der Waals surface area contributed by atoms with Crippen LogP contribution >= 0.6 is 15.8 Å². The van der Waals surface area contributed by atoms with Gasteiger partial charge in [0.05, 0.1) is 20.3 Å². The number of aliphatic hydroxyl groups is 1. The largest absolute Gasteiger partial charge is 2.00 e. The molecule has 0 amide bonds. The van der Waals surface area contributed by atoms with E-state index in [2.05, 4.69) is 137 Å². The first-order chi connectivity index (χ1) is 25.3. The summed E-state index contributed by atoms with van der Waals surface area (Å²) in [5.74, 6) is 2.03. The average Bonchev–Trinajstić information content (AvgIpc) is 3.90. The van der Waals surface area contributed by atoms with E-state index < -0.39 is 21.9 Å². The number of hydrogen-bond donors (Lipinski definition) is 1. The first kappa shape index (κ1) is 46.4. The van der Waals surface area contributed by atoms with Gasteiger partial charge in [0, 0.05) is 0 Å². The van der Waals surface area contributed by atoms with Gasteiger partial charge in [-0.3, -0.25) is 0 Å². The minimum absolute atomic E-state index is 0. The maximum absolute atomic E-state index is 12.6. The van der Waals surface area contributed by atoms with Gasteiger partial charge in [-0.2, -0.15) is 0 Å². The Morgan fingerprint density at radius 2 is 0.945 bits per heavy atom. The molecular formula is C49H62FeO3P2. The van der Waals surface area contributed by atoms with E-state index in [4.69, 9.17) is 9.47 Å². The van der Waals surface area contributed by atoms with E-state index in [-0.39, 0.29) is 37.8 Å². The summed E-state index contributed by atoms with van der Waals surface area (Å²) in [5, 5.41) is 19.1. The van der Waals surface area contributed by atoms with E-state index in [9.17, 15) is 5.11 Å². The molecule has 0 radical (unpaired) electrons. The van der Waals surface area contributed by atoms with E-state index in [0.29, 0.717) is 5.66 Å². The average molecular weight is 817 g/mol. The van der Waals surface area contributed by atoms with Gasteiger partial charge < -0.3 is 29.4 Å². The van der Waals surface area contributed by atoms with Gasteiger partial charge in [0.1, 0.15) is 11.5 Å². The molecule has 55 heavy (non-hydrogen) atoms. The second-order valence-electron chi connectivity index (χ2n) is 14.5. The van der Waals surface area contributed by atoms with Crippen molar-refractivity contribution in [3.63, 3.8) is 0 Å². The predicted molar refractivity (Wildman–Crippen MR) is 238 cm³/mol. The Balaban J connectivity index is 0.000000940. The molecule has 0 bridgehead atoms. The van der Waals surface area contributed by atoms with Gasteiger partial charge in [-0.1, -0.05) is 123 Å².